The van der Waals surface area contributed by atoms with E-state index in [9.17, 15) is 18.4 Å². The summed E-state index contributed by atoms with van der Waals surface area (Å²) in [6.07, 6.45) is 9.06. The van der Waals surface area contributed by atoms with Gasteiger partial charge >= 0.3 is 0 Å². The third-order valence-corrected chi connectivity index (χ3v) is 7.86. The van der Waals surface area contributed by atoms with Crippen LogP contribution in [0.25, 0.3) is 0 Å². The van der Waals surface area contributed by atoms with Crippen molar-refractivity contribution in [2.24, 2.45) is 29.6 Å². The minimum Gasteiger partial charge on any atom is -0.400 e. The van der Waals surface area contributed by atoms with Gasteiger partial charge in [0.05, 0.1) is 11.4 Å². The monoisotopic (exact) mass is 528 g/mol. The van der Waals surface area contributed by atoms with Crippen LogP contribution in [0.1, 0.15) is 62.7 Å². The van der Waals surface area contributed by atoms with Crippen LogP contribution in [0.5, 0.6) is 0 Å². The van der Waals surface area contributed by atoms with E-state index in [1.807, 2.05) is 0 Å². The molecule has 0 aromatic carbocycles. The number of hydrogen-bond donors (Lipinski definition) is 2. The predicted molar refractivity (Wildman–Crippen MR) is 145 cm³/mol. The first-order valence-electron chi connectivity index (χ1n) is 12.3. The molecule has 204 valence electrons. The molecule has 1 aliphatic carbocycles. The van der Waals surface area contributed by atoms with Crippen LogP contribution in [0.4, 0.5) is 8.78 Å². The van der Waals surface area contributed by atoms with Gasteiger partial charge in [-0.1, -0.05) is 32.6 Å². The van der Waals surface area contributed by atoms with Crippen molar-refractivity contribution < 1.29 is 18.7 Å². The summed E-state index contributed by atoms with van der Waals surface area (Å²) < 4.78 is 27.4. The van der Waals surface area contributed by atoms with Crippen LogP contribution in [-0.4, -0.2) is 65.6 Å². The Morgan fingerprint density at radius 2 is 1.94 bits per heavy atom. The van der Waals surface area contributed by atoms with Gasteiger partial charge in [-0.05, 0) is 44.0 Å². The molecule has 7 nitrogen and oxygen atoms in total. The summed E-state index contributed by atoms with van der Waals surface area (Å²) in [6, 6.07) is 2.71. The average molecular weight is 529 g/mol. The van der Waals surface area contributed by atoms with Gasteiger partial charge < -0.3 is 15.4 Å². The van der Waals surface area contributed by atoms with Crippen LogP contribution in [0, 0.1) is 11.8 Å². The summed E-state index contributed by atoms with van der Waals surface area (Å²) in [5, 5.41) is 7.00. The van der Waals surface area contributed by atoms with Gasteiger partial charge in [0.1, 0.15) is 0 Å². The van der Waals surface area contributed by atoms with Crippen LogP contribution < -0.4 is 11.3 Å². The van der Waals surface area contributed by atoms with Crippen molar-refractivity contribution in [2.75, 3.05) is 32.5 Å². The third kappa shape index (κ3) is 11.8. The quantitative estimate of drug-likeness (QED) is 0.490. The molecule has 0 spiro atoms. The number of aryl methyl sites for hydroxylation is 1. The number of aliphatic hydroxyl groups is 1. The van der Waals surface area contributed by atoms with E-state index in [0.29, 0.717) is 0 Å². The first kappa shape index (κ1) is 32.0. The van der Waals surface area contributed by atoms with Gasteiger partial charge in [-0.3, -0.25) is 19.5 Å². The van der Waals surface area contributed by atoms with E-state index in [4.69, 9.17) is 10.8 Å². The Morgan fingerprint density at radius 3 is 2.47 bits per heavy atom. The van der Waals surface area contributed by atoms with Crippen molar-refractivity contribution in [2.45, 2.75) is 58.3 Å². The van der Waals surface area contributed by atoms with Crippen molar-refractivity contribution in [3.8, 4) is 0 Å². The second-order valence-corrected chi connectivity index (χ2v) is 10.6. The molecule has 0 unspecified atom stereocenters. The Bertz CT molecular complexity index is 922. The van der Waals surface area contributed by atoms with Crippen LogP contribution in [0.3, 0.4) is 0 Å². The average Bonchev–Trinajstić information content (AvgIpc) is 2.85. The Hall–Kier alpha value is -2.04. The lowest BCUT2D eigenvalue weighted by molar-refractivity contribution is 0.0493. The van der Waals surface area contributed by atoms with E-state index in [2.05, 4.69) is 23.5 Å². The molecular weight excluding hydrogens is 486 g/mol. The molecule has 3 rings (SSSR count). The lowest BCUT2D eigenvalue weighted by atomic mass is 9.81. The molecule has 10 heteroatoms. The molecule has 3 N–H and O–H groups in total. The first-order valence-corrected chi connectivity index (χ1v) is 13.3. The number of carbonyl (C=O) groups is 1. The largest absolute Gasteiger partial charge is 0.400 e. The van der Waals surface area contributed by atoms with E-state index in [-0.39, 0.29) is 16.9 Å². The van der Waals surface area contributed by atoms with Crippen molar-refractivity contribution in [1.29, 1.82) is 0 Å². The minimum absolute atomic E-state index is 0.165. The zero-order valence-electron chi connectivity index (χ0n) is 22.0. The molecule has 0 radical (unpaired) electrons. The van der Waals surface area contributed by atoms with Gasteiger partial charge in [0.25, 0.3) is 11.5 Å². The summed E-state index contributed by atoms with van der Waals surface area (Å²) in [5.74, 6) is -1.61. The predicted octanol–water partition coefficient (Wildman–Crippen LogP) is 4.30. The first-order chi connectivity index (χ1) is 17.0. The number of carbonyl (C=O) groups excluding carboxylic acids is 1. The zero-order chi connectivity index (χ0) is 27.3. The van der Waals surface area contributed by atoms with Crippen LogP contribution in [-0.2, 0) is 7.05 Å². The smallest absolute Gasteiger partial charge is 0.254 e. The summed E-state index contributed by atoms with van der Waals surface area (Å²) in [5.41, 5.74) is 5.86. The number of nitrogens with two attached hydrogens (primary N) is 1. The van der Waals surface area contributed by atoms with Crippen LogP contribution >= 0.6 is 11.8 Å². The van der Waals surface area contributed by atoms with E-state index in [1.54, 1.807) is 7.05 Å². The van der Waals surface area contributed by atoms with E-state index in [0.717, 1.165) is 62.5 Å². The van der Waals surface area contributed by atoms with Crippen molar-refractivity contribution in [1.82, 2.24) is 9.47 Å². The molecular formula is C26H42F2N4O3S. The Kier molecular flexibility index (Phi) is 14.2. The maximum atomic E-state index is 13.0. The van der Waals surface area contributed by atoms with Gasteiger partial charge in [0.15, 0.2) is 0 Å². The molecule has 36 heavy (non-hydrogen) atoms. The molecule has 1 saturated carbocycles. The number of pyridine rings is 1. The van der Waals surface area contributed by atoms with Crippen LogP contribution in [0.2, 0.25) is 0 Å². The number of alkyl halides is 2. The fourth-order valence-corrected chi connectivity index (χ4v) is 5.13. The number of halogens is 2. The van der Waals surface area contributed by atoms with Crippen LogP contribution in [0.15, 0.2) is 38.7 Å². The standard InChI is InChI=1S/C18H30F2N2S.C7H8N2O2.CH4O/c1-14-4-6-15(7-5-14)8-10-22-11-9-17(16(12-22)21-3)23-13-18(2,19)20;1-9-3-2-5(7(8)11)4-6(9)10;1-2/h14-15H,3-13H2,1-2H3;2-4H,1H3,(H2,8,11);2H,1H3. The lowest BCUT2D eigenvalue weighted by Crippen LogP contribution is -2.33. The molecule has 1 aromatic rings. The Balaban J connectivity index is 0.000000417. The topological polar surface area (TPSA) is 101 Å². The Labute approximate surface area is 217 Å². The van der Waals surface area contributed by atoms with Crippen molar-refractivity contribution in [3.63, 3.8) is 0 Å². The fourth-order valence-electron chi connectivity index (χ4n) is 4.17. The van der Waals surface area contributed by atoms with Gasteiger partial charge in [-0.25, -0.2) is 8.78 Å². The highest BCUT2D eigenvalue weighted by Gasteiger charge is 2.26. The molecule has 1 fully saturated rings. The second kappa shape index (κ2) is 15.9. The number of amides is 1. The summed E-state index contributed by atoms with van der Waals surface area (Å²) >= 11 is 1.25. The number of nitrogens with zero attached hydrogens (tertiary/aromatic N) is 3. The molecule has 1 aliphatic heterocycles. The summed E-state index contributed by atoms with van der Waals surface area (Å²) in [4.78, 5) is 29.0. The SMILES string of the molecule is C=NC1=C(SCC(C)(F)F)CCN(CCC2CCC(C)CC2)C1.CO.Cn1ccc(C(N)=O)cc1=O. The number of aliphatic imine (C=N–C) groups is 1. The summed E-state index contributed by atoms with van der Waals surface area (Å²) in [7, 11) is 2.60. The molecule has 1 amide bonds. The highest BCUT2D eigenvalue weighted by atomic mass is 32.2. The van der Waals surface area contributed by atoms with E-state index in [1.165, 1.54) is 66.8 Å². The fraction of sp³-hybridized carbons (Fsp3) is 0.654. The number of aliphatic hydroxyl groups excluding tert-OH is 1. The maximum Gasteiger partial charge on any atom is 0.254 e. The highest BCUT2D eigenvalue weighted by Crippen LogP contribution is 2.34. The second-order valence-electron chi connectivity index (χ2n) is 9.56. The normalized spacial score (nSPS) is 20.5. The van der Waals surface area contributed by atoms with Gasteiger partial charge in [0, 0.05) is 56.9 Å². The molecule has 1 aromatic heterocycles. The lowest BCUT2D eigenvalue weighted by Gasteiger charge is -2.32. The molecule has 0 atom stereocenters. The van der Waals surface area contributed by atoms with Crippen molar-refractivity contribution >= 4 is 24.4 Å². The van der Waals surface area contributed by atoms with Gasteiger partial charge in [0.2, 0.25) is 5.91 Å². The maximum absolute atomic E-state index is 13.0. The van der Waals surface area contributed by atoms with Gasteiger partial charge in [-0.15, -0.1) is 11.8 Å². The zero-order valence-corrected chi connectivity index (χ0v) is 22.8. The Morgan fingerprint density at radius 1 is 1.31 bits per heavy atom. The number of aromatic nitrogens is 1. The molecule has 0 saturated heterocycles. The number of thioether (sulfide) groups is 1. The van der Waals surface area contributed by atoms with E-state index >= 15 is 0 Å². The number of primary amides is 1. The summed E-state index contributed by atoms with van der Waals surface area (Å²) in [6.45, 7) is 9.79. The number of rotatable bonds is 8. The molecule has 0 bridgehead atoms. The highest BCUT2D eigenvalue weighted by molar-refractivity contribution is 8.03. The minimum atomic E-state index is -2.63. The number of hydrogen-bond acceptors (Lipinski definition) is 6. The molecule has 2 aliphatic rings. The van der Waals surface area contributed by atoms with Crippen molar-refractivity contribution in [3.05, 3.63) is 44.8 Å². The molecule has 2 heterocycles. The van der Waals surface area contributed by atoms with E-state index < -0.39 is 11.8 Å². The third-order valence-electron chi connectivity index (χ3n) is 6.42. The van der Waals surface area contributed by atoms with Gasteiger partial charge in [-0.2, -0.15) is 0 Å².